The van der Waals surface area contributed by atoms with E-state index in [1.165, 1.54) is 0 Å². The van der Waals surface area contributed by atoms with Gasteiger partial charge >= 0.3 is 0 Å². The predicted octanol–water partition coefficient (Wildman–Crippen LogP) is 2.09. The summed E-state index contributed by atoms with van der Waals surface area (Å²) in [4.78, 5) is 4.29. The molecule has 0 unspecified atom stereocenters. The van der Waals surface area contributed by atoms with Gasteiger partial charge in [-0.3, -0.25) is 4.40 Å². The minimum absolute atomic E-state index is 0.0899. The molecule has 116 valence electrons. The van der Waals surface area contributed by atoms with Gasteiger partial charge in [-0.05, 0) is 24.0 Å². The quantitative estimate of drug-likeness (QED) is 0.856. The van der Waals surface area contributed by atoms with Crippen LogP contribution in [0.5, 0.6) is 0 Å². The van der Waals surface area contributed by atoms with Crippen LogP contribution in [0.4, 0.5) is 5.82 Å². The fourth-order valence-electron chi connectivity index (χ4n) is 1.88. The van der Waals surface area contributed by atoms with Gasteiger partial charge < -0.3 is 5.32 Å². The number of anilines is 1. The van der Waals surface area contributed by atoms with E-state index in [1.807, 2.05) is 26.8 Å². The maximum absolute atomic E-state index is 12.6. The summed E-state index contributed by atoms with van der Waals surface area (Å²) in [6.45, 7) is 6.49. The van der Waals surface area contributed by atoms with Gasteiger partial charge in [0, 0.05) is 19.8 Å². The summed E-state index contributed by atoms with van der Waals surface area (Å²) in [5, 5.41) is 3.00. The fraction of sp³-hybridized carbons (Fsp3) is 0.500. The summed E-state index contributed by atoms with van der Waals surface area (Å²) in [7, 11) is -1.98. The molecule has 2 rings (SSSR count). The van der Waals surface area contributed by atoms with Gasteiger partial charge in [0.15, 0.2) is 10.8 Å². The normalized spacial score (nSPS) is 12.8. The number of nitrogens with zero attached hydrogens (tertiary/aromatic N) is 2. The number of hydrogen-bond donors (Lipinski definition) is 2. The second-order valence-electron chi connectivity index (χ2n) is 5.79. The van der Waals surface area contributed by atoms with Gasteiger partial charge in [0.1, 0.15) is 5.65 Å². The van der Waals surface area contributed by atoms with Crippen molar-refractivity contribution < 1.29 is 8.42 Å². The summed E-state index contributed by atoms with van der Waals surface area (Å²) < 4.78 is 29.5. The summed E-state index contributed by atoms with van der Waals surface area (Å²) in [5.74, 6) is 0.350. The zero-order chi connectivity index (χ0) is 15.7. The first-order valence-electron chi connectivity index (χ1n) is 6.95. The molecule has 0 amide bonds. The number of hydrogen-bond acceptors (Lipinski definition) is 4. The molecule has 0 spiro atoms. The second kappa shape index (κ2) is 5.65. The van der Waals surface area contributed by atoms with Crippen molar-refractivity contribution in [3.05, 3.63) is 24.4 Å². The van der Waals surface area contributed by atoms with Gasteiger partial charge in [0.2, 0.25) is 0 Å². The standard InChI is InChI=1S/C14H22N4O2S/c1-5-14(2,3)10-16-21(19,20)13-12(15-4)17-11-8-6-7-9-18(11)13/h6-9,15-16H,5,10H2,1-4H3. The topological polar surface area (TPSA) is 75.5 Å². The van der Waals surface area contributed by atoms with Crippen molar-refractivity contribution in [1.82, 2.24) is 14.1 Å². The maximum atomic E-state index is 12.6. The van der Waals surface area contributed by atoms with E-state index in [9.17, 15) is 8.42 Å². The molecule has 0 aliphatic carbocycles. The van der Waals surface area contributed by atoms with Gasteiger partial charge in [-0.25, -0.2) is 18.1 Å². The summed E-state index contributed by atoms with van der Waals surface area (Å²) in [5.41, 5.74) is 0.505. The van der Waals surface area contributed by atoms with E-state index < -0.39 is 10.0 Å². The van der Waals surface area contributed by atoms with Crippen LogP contribution >= 0.6 is 0 Å². The Bertz CT molecular complexity index is 735. The Morgan fingerprint density at radius 1 is 1.33 bits per heavy atom. The molecule has 0 aliphatic heterocycles. The van der Waals surface area contributed by atoms with Crippen LogP contribution in [0.25, 0.3) is 5.65 Å². The highest BCUT2D eigenvalue weighted by molar-refractivity contribution is 7.89. The first kappa shape index (κ1) is 15.8. The molecular weight excluding hydrogens is 288 g/mol. The third kappa shape index (κ3) is 3.19. The van der Waals surface area contributed by atoms with E-state index in [4.69, 9.17) is 0 Å². The van der Waals surface area contributed by atoms with Gasteiger partial charge in [-0.2, -0.15) is 0 Å². The number of rotatable bonds is 6. The largest absolute Gasteiger partial charge is 0.371 e. The monoisotopic (exact) mass is 310 g/mol. The molecule has 21 heavy (non-hydrogen) atoms. The van der Waals surface area contributed by atoms with Crippen LogP contribution in [0, 0.1) is 5.41 Å². The van der Waals surface area contributed by atoms with Crippen LogP contribution in [-0.4, -0.2) is 31.4 Å². The number of nitrogens with one attached hydrogen (secondary N) is 2. The molecule has 2 heterocycles. The number of sulfonamides is 1. The molecule has 0 saturated heterocycles. The SMILES string of the molecule is CCC(C)(C)CNS(=O)(=O)c1c(NC)nc2ccccn12. The van der Waals surface area contributed by atoms with Crippen molar-refractivity contribution in [3.63, 3.8) is 0 Å². The lowest BCUT2D eigenvalue weighted by atomic mass is 9.91. The number of imidazole rings is 1. The molecule has 0 bridgehead atoms. The third-order valence-corrected chi connectivity index (χ3v) is 5.10. The average Bonchev–Trinajstić information content (AvgIpc) is 2.84. The van der Waals surface area contributed by atoms with E-state index in [1.54, 1.807) is 29.8 Å². The Kier molecular flexibility index (Phi) is 4.25. The van der Waals surface area contributed by atoms with Crippen LogP contribution in [0.1, 0.15) is 27.2 Å². The molecule has 0 atom stereocenters. The summed E-state index contributed by atoms with van der Waals surface area (Å²) in [6.07, 6.45) is 2.59. The smallest absolute Gasteiger partial charge is 0.260 e. The zero-order valence-electron chi connectivity index (χ0n) is 12.8. The molecule has 0 radical (unpaired) electrons. The highest BCUT2D eigenvalue weighted by atomic mass is 32.2. The Balaban J connectivity index is 2.44. The lowest BCUT2D eigenvalue weighted by Gasteiger charge is -2.22. The van der Waals surface area contributed by atoms with Crippen LogP contribution in [-0.2, 0) is 10.0 Å². The van der Waals surface area contributed by atoms with Crippen LogP contribution in [0.15, 0.2) is 29.4 Å². The molecule has 0 fully saturated rings. The first-order valence-corrected chi connectivity index (χ1v) is 8.43. The third-order valence-electron chi connectivity index (χ3n) is 3.68. The average molecular weight is 310 g/mol. The van der Waals surface area contributed by atoms with Crippen molar-refractivity contribution in [2.75, 3.05) is 18.9 Å². The van der Waals surface area contributed by atoms with Gasteiger partial charge in [-0.15, -0.1) is 0 Å². The van der Waals surface area contributed by atoms with E-state index in [0.29, 0.717) is 18.0 Å². The summed E-state index contributed by atoms with van der Waals surface area (Å²) >= 11 is 0. The van der Waals surface area contributed by atoms with Gasteiger partial charge in [-0.1, -0.05) is 26.8 Å². The van der Waals surface area contributed by atoms with Crippen LogP contribution in [0.2, 0.25) is 0 Å². The van der Waals surface area contributed by atoms with E-state index in [2.05, 4.69) is 15.0 Å². The number of pyridine rings is 1. The van der Waals surface area contributed by atoms with Crippen molar-refractivity contribution in [1.29, 1.82) is 0 Å². The Morgan fingerprint density at radius 2 is 2.05 bits per heavy atom. The molecule has 2 aromatic heterocycles. The molecule has 2 aromatic rings. The fourth-order valence-corrected chi connectivity index (χ4v) is 3.41. The zero-order valence-corrected chi connectivity index (χ0v) is 13.7. The van der Waals surface area contributed by atoms with Crippen molar-refractivity contribution in [3.8, 4) is 0 Å². The van der Waals surface area contributed by atoms with E-state index in [0.717, 1.165) is 6.42 Å². The first-order chi connectivity index (χ1) is 9.80. The Morgan fingerprint density at radius 3 is 2.67 bits per heavy atom. The van der Waals surface area contributed by atoms with Gasteiger partial charge in [0.05, 0.1) is 0 Å². The van der Waals surface area contributed by atoms with Crippen molar-refractivity contribution in [2.24, 2.45) is 5.41 Å². The Hall–Kier alpha value is -1.60. The molecular formula is C14H22N4O2S. The molecule has 6 nitrogen and oxygen atoms in total. The van der Waals surface area contributed by atoms with E-state index in [-0.39, 0.29) is 10.4 Å². The van der Waals surface area contributed by atoms with E-state index >= 15 is 0 Å². The Labute approximate surface area is 125 Å². The van der Waals surface area contributed by atoms with Crippen LogP contribution < -0.4 is 10.0 Å². The van der Waals surface area contributed by atoms with Gasteiger partial charge in [0.25, 0.3) is 10.0 Å². The maximum Gasteiger partial charge on any atom is 0.260 e. The lowest BCUT2D eigenvalue weighted by molar-refractivity contribution is 0.350. The van der Waals surface area contributed by atoms with Crippen molar-refractivity contribution in [2.45, 2.75) is 32.2 Å². The highest BCUT2D eigenvalue weighted by Crippen LogP contribution is 2.24. The minimum Gasteiger partial charge on any atom is -0.371 e. The second-order valence-corrected chi connectivity index (χ2v) is 7.47. The molecule has 0 aliphatic rings. The molecule has 0 saturated carbocycles. The highest BCUT2D eigenvalue weighted by Gasteiger charge is 2.27. The lowest BCUT2D eigenvalue weighted by Crippen LogP contribution is -2.34. The molecule has 0 aromatic carbocycles. The number of fused-ring (bicyclic) bond motifs is 1. The minimum atomic E-state index is -3.64. The number of aromatic nitrogens is 2. The van der Waals surface area contributed by atoms with Crippen LogP contribution in [0.3, 0.4) is 0 Å². The predicted molar refractivity (Wildman–Crippen MR) is 84.0 cm³/mol. The van der Waals surface area contributed by atoms with Crippen molar-refractivity contribution >= 4 is 21.5 Å². The summed E-state index contributed by atoms with van der Waals surface area (Å²) in [6, 6.07) is 5.38. The molecule has 7 heteroatoms. The molecule has 2 N–H and O–H groups in total.